The highest BCUT2D eigenvalue weighted by Crippen LogP contribution is 2.46. The maximum absolute atomic E-state index is 12.1. The van der Waals surface area contributed by atoms with Crippen LogP contribution < -0.4 is 10.6 Å². The molecule has 2 N–H and O–H groups in total. The maximum atomic E-state index is 12.1. The number of rotatable bonds is 16. The number of nitrogens with one attached hydrogen (secondary N) is 2. The van der Waals surface area contributed by atoms with Gasteiger partial charge in [0.15, 0.2) is 0 Å². The van der Waals surface area contributed by atoms with Gasteiger partial charge in [-0.2, -0.15) is 9.97 Å². The second-order valence-corrected chi connectivity index (χ2v) is 21.3. The summed E-state index contributed by atoms with van der Waals surface area (Å²) < 4.78 is 0. The predicted molar refractivity (Wildman–Crippen MR) is 226 cm³/mol. The van der Waals surface area contributed by atoms with Crippen LogP contribution in [0, 0.1) is 5.92 Å². The van der Waals surface area contributed by atoms with Gasteiger partial charge in [-0.1, -0.05) is 12.8 Å². The molecule has 58 heavy (non-hydrogen) atoms. The van der Waals surface area contributed by atoms with Crippen molar-refractivity contribution in [3.8, 4) is 0 Å². The van der Waals surface area contributed by atoms with Gasteiger partial charge in [-0.25, -0.2) is 4.98 Å². The van der Waals surface area contributed by atoms with Crippen LogP contribution in [0.3, 0.4) is 0 Å². The van der Waals surface area contributed by atoms with Gasteiger partial charge in [0.2, 0.25) is 5.95 Å². The van der Waals surface area contributed by atoms with E-state index in [2.05, 4.69) is 93.7 Å². The van der Waals surface area contributed by atoms with Crippen molar-refractivity contribution in [2.24, 2.45) is 5.92 Å². The molecule has 4 heterocycles. The Bertz CT molecular complexity index is 1450. The Kier molecular flexibility index (Phi) is 15.1. The largest absolute Gasteiger partial charge is 0.367 e. The van der Waals surface area contributed by atoms with Crippen LogP contribution in [-0.2, 0) is 35.3 Å². The molecule has 1 aromatic heterocycles. The van der Waals surface area contributed by atoms with E-state index in [0.29, 0.717) is 17.9 Å². The van der Waals surface area contributed by atoms with Crippen LogP contribution >= 0.6 is 0 Å². The van der Waals surface area contributed by atoms with Crippen molar-refractivity contribution >= 4 is 23.9 Å². The molecule has 14 nitrogen and oxygen atoms in total. The molecule has 3 saturated heterocycles. The van der Waals surface area contributed by atoms with Crippen molar-refractivity contribution in [2.45, 2.75) is 226 Å². The van der Waals surface area contributed by atoms with Gasteiger partial charge in [0.05, 0.1) is 33.2 Å². The van der Waals surface area contributed by atoms with E-state index >= 15 is 0 Å². The van der Waals surface area contributed by atoms with Gasteiger partial charge in [0.25, 0.3) is 0 Å². The topological polar surface area (TPSA) is 151 Å². The summed E-state index contributed by atoms with van der Waals surface area (Å²) in [5, 5.41) is 13.0. The van der Waals surface area contributed by atoms with E-state index in [1.807, 2.05) is 15.2 Å². The molecule has 3 fully saturated rings. The number of unbranched alkanes of at least 4 members (excludes halogenated alkanes) is 2. The second-order valence-electron chi connectivity index (χ2n) is 21.3. The molecule has 0 unspecified atom stereocenters. The van der Waals surface area contributed by atoms with Gasteiger partial charge >= 0.3 is 17.9 Å². The zero-order valence-corrected chi connectivity index (χ0v) is 38.8. The lowest BCUT2D eigenvalue weighted by molar-refractivity contribution is -0.270. The molecule has 0 amide bonds. The summed E-state index contributed by atoms with van der Waals surface area (Å²) in [4.78, 5) is 67.9. The number of carbonyl (C=O) groups excluding carboxylic acids is 3. The molecule has 14 heteroatoms. The monoisotopic (exact) mass is 815 g/mol. The molecule has 4 rings (SSSR count). The number of aromatic nitrogens is 3. The van der Waals surface area contributed by atoms with Crippen molar-refractivity contribution in [3.05, 3.63) is 11.6 Å². The van der Waals surface area contributed by atoms with E-state index in [1.165, 1.54) is 20.8 Å². The first-order valence-corrected chi connectivity index (χ1v) is 21.8. The van der Waals surface area contributed by atoms with E-state index in [-0.39, 0.29) is 46.0 Å². The van der Waals surface area contributed by atoms with E-state index < -0.39 is 11.1 Å². The number of hydroxylamine groups is 6. The van der Waals surface area contributed by atoms with Gasteiger partial charge in [-0.3, -0.25) is 14.4 Å². The fourth-order valence-corrected chi connectivity index (χ4v) is 10.9. The van der Waals surface area contributed by atoms with Crippen LogP contribution in [0.15, 0.2) is 0 Å². The van der Waals surface area contributed by atoms with Crippen LogP contribution in [0.5, 0.6) is 0 Å². The zero-order chi connectivity index (χ0) is 43.5. The number of hydrogen-bond donors (Lipinski definition) is 2. The quantitative estimate of drug-likeness (QED) is 0.156. The highest BCUT2D eigenvalue weighted by molar-refractivity contribution is 5.66. The van der Waals surface area contributed by atoms with E-state index in [9.17, 15) is 14.4 Å². The summed E-state index contributed by atoms with van der Waals surface area (Å²) in [5.41, 5.74) is -1.88. The molecule has 3 aliphatic heterocycles. The number of carbonyl (C=O) groups is 3. The first kappa shape index (κ1) is 47.7. The number of nitrogens with zero attached hydrogens (tertiary/aromatic N) is 6. The number of anilines is 1. The Labute approximate surface area is 349 Å². The molecule has 3 aliphatic rings. The minimum absolute atomic E-state index is 0.0647. The summed E-state index contributed by atoms with van der Waals surface area (Å²) in [7, 11) is 0. The highest BCUT2D eigenvalue weighted by atomic mass is 16.7. The van der Waals surface area contributed by atoms with E-state index in [0.717, 1.165) is 102 Å². The SMILES string of the molecule is CC(=O)ON1C(C)(C)CC(CCCCNc2nc(CCCCNC3CC(C)(C)N(OC(C)=O)C(C)(C)C3)nc(C3CC(C)(C)N(OC(C)=O)C(C)(C)C3)n2)CC1(C)C. The van der Waals surface area contributed by atoms with Gasteiger partial charge in [-0.15, -0.1) is 15.2 Å². The van der Waals surface area contributed by atoms with Crippen molar-refractivity contribution in [3.63, 3.8) is 0 Å². The Morgan fingerprint density at radius 1 is 0.569 bits per heavy atom. The van der Waals surface area contributed by atoms with Crippen LogP contribution in [0.1, 0.15) is 192 Å². The van der Waals surface area contributed by atoms with Crippen LogP contribution in [0.2, 0.25) is 0 Å². The summed E-state index contributed by atoms with van der Waals surface area (Å²) in [6, 6.07) is 0.312. The summed E-state index contributed by atoms with van der Waals surface area (Å²) in [6.07, 6.45) is 11.0. The molecule has 0 saturated carbocycles. The third kappa shape index (κ3) is 12.5. The molecular weight excluding hydrogens is 737 g/mol. The van der Waals surface area contributed by atoms with Gasteiger partial charge in [0.1, 0.15) is 11.6 Å². The smallest absolute Gasteiger partial charge is 0.322 e. The molecular formula is C44H78N8O6. The van der Waals surface area contributed by atoms with Crippen LogP contribution in [0.25, 0.3) is 0 Å². The molecule has 0 atom stereocenters. The predicted octanol–water partition coefficient (Wildman–Crippen LogP) is 7.83. The fourth-order valence-electron chi connectivity index (χ4n) is 10.9. The average molecular weight is 815 g/mol. The third-order valence-electron chi connectivity index (χ3n) is 12.2. The van der Waals surface area contributed by atoms with Gasteiger partial charge < -0.3 is 25.1 Å². The van der Waals surface area contributed by atoms with E-state index in [1.54, 1.807) is 0 Å². The molecule has 0 aromatic carbocycles. The molecule has 0 aliphatic carbocycles. The Morgan fingerprint density at radius 3 is 1.47 bits per heavy atom. The first-order chi connectivity index (χ1) is 26.6. The highest BCUT2D eigenvalue weighted by Gasteiger charge is 2.50. The minimum Gasteiger partial charge on any atom is -0.367 e. The summed E-state index contributed by atoms with van der Waals surface area (Å²) in [5.74, 6) is 1.94. The van der Waals surface area contributed by atoms with Crippen LogP contribution in [-0.4, -0.2) is 100 Å². The molecule has 0 spiro atoms. The number of piperidine rings is 3. The molecule has 330 valence electrons. The zero-order valence-electron chi connectivity index (χ0n) is 38.8. The van der Waals surface area contributed by atoms with Crippen LogP contribution in [0.4, 0.5) is 5.95 Å². The molecule has 0 radical (unpaired) electrons. The third-order valence-corrected chi connectivity index (χ3v) is 12.2. The van der Waals surface area contributed by atoms with Gasteiger partial charge in [-0.05, 0) is 153 Å². The lowest BCUT2D eigenvalue weighted by atomic mass is 9.73. The van der Waals surface area contributed by atoms with Crippen molar-refractivity contribution < 1.29 is 28.9 Å². The lowest BCUT2D eigenvalue weighted by Crippen LogP contribution is -2.64. The normalized spacial score (nSPS) is 23.6. The first-order valence-electron chi connectivity index (χ1n) is 21.8. The Hall–Kier alpha value is -2.94. The maximum Gasteiger partial charge on any atom is 0.322 e. The second kappa shape index (κ2) is 18.4. The Balaban J connectivity index is 1.40. The fraction of sp³-hybridized carbons (Fsp3) is 0.864. The number of hydrogen-bond acceptors (Lipinski definition) is 14. The van der Waals surface area contributed by atoms with Crippen molar-refractivity contribution in [1.82, 2.24) is 35.5 Å². The lowest BCUT2D eigenvalue weighted by Gasteiger charge is -2.53. The Morgan fingerprint density at radius 2 is 1.00 bits per heavy atom. The summed E-state index contributed by atoms with van der Waals surface area (Å²) >= 11 is 0. The van der Waals surface area contributed by atoms with Crippen molar-refractivity contribution in [1.29, 1.82) is 0 Å². The molecule has 0 bridgehead atoms. The standard InChI is InChI=1S/C44H78N8O6/c1-30(53)56-50-39(4,5)24-33(25-40(50,6)7)20-16-18-23-46-38-48-36(47-37(49-38)34-26-41(8,9)51(57-31(2)54)42(10,11)27-34)21-17-19-22-45-35-28-43(12,13)52(58-32(3)55)44(14,15)29-35/h33-35,45H,16-29H2,1-15H3,(H,46,47,48,49). The molecule has 1 aromatic rings. The van der Waals surface area contributed by atoms with Crippen molar-refractivity contribution in [2.75, 3.05) is 18.4 Å². The number of aryl methyl sites for hydroxylation is 1. The van der Waals surface area contributed by atoms with E-state index in [4.69, 9.17) is 29.5 Å². The minimum atomic E-state index is -0.418. The summed E-state index contributed by atoms with van der Waals surface area (Å²) in [6.45, 7) is 31.7. The average Bonchev–Trinajstić information content (AvgIpc) is 3.05. The van der Waals surface area contributed by atoms with Gasteiger partial charge in [0, 0.05) is 45.7 Å².